The Morgan fingerprint density at radius 1 is 1.21 bits per heavy atom. The van der Waals surface area contributed by atoms with E-state index in [-0.39, 0.29) is 24.3 Å². The Hall–Kier alpha value is -3.19. The minimum absolute atomic E-state index is 0.00318. The highest BCUT2D eigenvalue weighted by Gasteiger charge is 2.35. The minimum atomic E-state index is -0.401. The summed E-state index contributed by atoms with van der Waals surface area (Å²) in [4.78, 5) is 26.4. The van der Waals surface area contributed by atoms with Gasteiger partial charge in [0.1, 0.15) is 0 Å². The number of anilines is 2. The van der Waals surface area contributed by atoms with Crippen LogP contribution in [0.15, 0.2) is 52.9 Å². The number of rotatable bonds is 4. The van der Waals surface area contributed by atoms with Crippen molar-refractivity contribution in [3.63, 3.8) is 0 Å². The number of hydrogen-bond acceptors (Lipinski definition) is 5. The number of aromatic nitrogens is 2. The molecule has 0 spiro atoms. The van der Waals surface area contributed by atoms with Crippen LogP contribution in [0.4, 0.5) is 11.7 Å². The summed E-state index contributed by atoms with van der Waals surface area (Å²) in [7, 11) is 0. The molecule has 0 radical (unpaired) electrons. The van der Waals surface area contributed by atoms with Gasteiger partial charge in [0.2, 0.25) is 11.8 Å². The maximum atomic E-state index is 12.4. The van der Waals surface area contributed by atoms with E-state index in [1.165, 1.54) is 0 Å². The van der Waals surface area contributed by atoms with Gasteiger partial charge in [-0.1, -0.05) is 40.5 Å². The van der Waals surface area contributed by atoms with Gasteiger partial charge in [0.15, 0.2) is 0 Å². The quantitative estimate of drug-likeness (QED) is 0.724. The molecule has 7 nitrogen and oxygen atoms in total. The Balaban J connectivity index is 1.45. The van der Waals surface area contributed by atoms with Crippen LogP contribution in [-0.4, -0.2) is 28.6 Å². The van der Waals surface area contributed by atoms with E-state index >= 15 is 0 Å². The van der Waals surface area contributed by atoms with Crippen molar-refractivity contribution >= 4 is 35.1 Å². The molecule has 0 bridgehead atoms. The summed E-state index contributed by atoms with van der Waals surface area (Å²) in [5, 5.41) is 10.9. The predicted octanol–water partition coefficient (Wildman–Crippen LogP) is 3.80. The van der Waals surface area contributed by atoms with Crippen molar-refractivity contribution in [1.29, 1.82) is 0 Å². The maximum Gasteiger partial charge on any atom is 0.322 e. The summed E-state index contributed by atoms with van der Waals surface area (Å²) in [5.74, 6) is -0.305. The highest BCUT2D eigenvalue weighted by atomic mass is 35.5. The Kier molecular flexibility index (Phi) is 4.83. The SMILES string of the molecule is Cc1ccc(N2CC(c3nnc(NC(=O)c4cccc(Cl)c4)o3)CC2=O)cc1. The smallest absolute Gasteiger partial charge is 0.322 e. The van der Waals surface area contributed by atoms with Gasteiger partial charge in [-0.25, -0.2) is 0 Å². The van der Waals surface area contributed by atoms with Gasteiger partial charge in [-0.05, 0) is 37.3 Å². The number of nitrogens with zero attached hydrogens (tertiary/aromatic N) is 3. The number of aryl methyl sites for hydroxylation is 1. The van der Waals surface area contributed by atoms with Gasteiger partial charge in [0.25, 0.3) is 5.91 Å². The first-order chi connectivity index (χ1) is 13.5. The molecule has 0 saturated carbocycles. The van der Waals surface area contributed by atoms with Crippen LogP contribution < -0.4 is 10.2 Å². The Bertz CT molecular complexity index is 1030. The molecule has 1 unspecified atom stereocenters. The molecule has 28 heavy (non-hydrogen) atoms. The zero-order valence-corrected chi connectivity index (χ0v) is 15.8. The van der Waals surface area contributed by atoms with Gasteiger partial charge < -0.3 is 9.32 Å². The molecule has 1 saturated heterocycles. The van der Waals surface area contributed by atoms with E-state index in [2.05, 4.69) is 15.5 Å². The van der Waals surface area contributed by atoms with Crippen LogP contribution in [0, 0.1) is 6.92 Å². The molecular weight excluding hydrogens is 380 g/mol. The third-order valence-corrected chi connectivity index (χ3v) is 4.80. The summed E-state index contributed by atoms with van der Waals surface area (Å²) in [6.45, 7) is 2.45. The van der Waals surface area contributed by atoms with Gasteiger partial charge in [0, 0.05) is 29.2 Å². The predicted molar refractivity (Wildman–Crippen MR) is 105 cm³/mol. The van der Waals surface area contributed by atoms with Crippen LogP contribution in [0.25, 0.3) is 0 Å². The highest BCUT2D eigenvalue weighted by molar-refractivity contribution is 6.31. The number of nitrogens with one attached hydrogen (secondary N) is 1. The summed E-state index contributed by atoms with van der Waals surface area (Å²) >= 11 is 5.90. The molecule has 1 aliphatic rings. The van der Waals surface area contributed by atoms with E-state index in [1.807, 2.05) is 31.2 Å². The Morgan fingerprint density at radius 2 is 2.00 bits per heavy atom. The van der Waals surface area contributed by atoms with Crippen molar-refractivity contribution in [1.82, 2.24) is 10.2 Å². The van der Waals surface area contributed by atoms with E-state index in [1.54, 1.807) is 29.2 Å². The van der Waals surface area contributed by atoms with Crippen LogP contribution in [0.5, 0.6) is 0 Å². The lowest BCUT2D eigenvalue weighted by Gasteiger charge is -2.16. The van der Waals surface area contributed by atoms with Crippen molar-refractivity contribution in [2.24, 2.45) is 0 Å². The maximum absolute atomic E-state index is 12.4. The first-order valence-corrected chi connectivity index (χ1v) is 9.15. The lowest BCUT2D eigenvalue weighted by molar-refractivity contribution is -0.117. The van der Waals surface area contributed by atoms with E-state index in [0.29, 0.717) is 23.0 Å². The molecule has 1 atom stereocenters. The molecule has 0 aliphatic carbocycles. The zero-order valence-electron chi connectivity index (χ0n) is 15.1. The molecule has 2 amide bonds. The van der Waals surface area contributed by atoms with Crippen molar-refractivity contribution in [2.75, 3.05) is 16.8 Å². The molecule has 1 fully saturated rings. The molecule has 2 heterocycles. The molecule has 1 aliphatic heterocycles. The van der Waals surface area contributed by atoms with Crippen molar-refractivity contribution in [3.8, 4) is 0 Å². The van der Waals surface area contributed by atoms with Gasteiger partial charge in [0.05, 0.1) is 5.92 Å². The van der Waals surface area contributed by atoms with Gasteiger partial charge >= 0.3 is 6.01 Å². The first kappa shape index (κ1) is 18.2. The number of carbonyl (C=O) groups is 2. The summed E-state index contributed by atoms with van der Waals surface area (Å²) in [6, 6.07) is 14.3. The molecule has 4 rings (SSSR count). The molecule has 142 valence electrons. The third kappa shape index (κ3) is 3.75. The van der Waals surface area contributed by atoms with Crippen LogP contribution in [0.2, 0.25) is 5.02 Å². The van der Waals surface area contributed by atoms with E-state index < -0.39 is 5.91 Å². The monoisotopic (exact) mass is 396 g/mol. The Morgan fingerprint density at radius 3 is 2.75 bits per heavy atom. The van der Waals surface area contributed by atoms with Gasteiger partial charge in [-0.3, -0.25) is 14.9 Å². The number of carbonyl (C=O) groups excluding carboxylic acids is 2. The molecule has 2 aromatic carbocycles. The van der Waals surface area contributed by atoms with E-state index in [9.17, 15) is 9.59 Å². The number of amides is 2. The molecule has 1 aromatic heterocycles. The fourth-order valence-electron chi connectivity index (χ4n) is 3.10. The van der Waals surface area contributed by atoms with Gasteiger partial charge in [-0.2, -0.15) is 0 Å². The Labute approximate surface area is 166 Å². The van der Waals surface area contributed by atoms with Crippen LogP contribution in [0.1, 0.15) is 34.2 Å². The standard InChI is InChI=1S/C20H17ClN4O3/c1-12-5-7-16(8-6-12)25-11-14(10-17(25)26)19-23-24-20(28-19)22-18(27)13-3-2-4-15(21)9-13/h2-9,14H,10-11H2,1H3,(H,22,24,27). The number of benzene rings is 2. The largest absolute Gasteiger partial charge is 0.407 e. The molecule has 3 aromatic rings. The zero-order chi connectivity index (χ0) is 19.7. The molecule has 1 N–H and O–H groups in total. The number of hydrogen-bond donors (Lipinski definition) is 1. The third-order valence-electron chi connectivity index (χ3n) is 4.57. The topological polar surface area (TPSA) is 88.3 Å². The first-order valence-electron chi connectivity index (χ1n) is 8.77. The second-order valence-corrected chi connectivity index (χ2v) is 7.09. The van der Waals surface area contributed by atoms with E-state index in [4.69, 9.17) is 16.0 Å². The fraction of sp³-hybridized carbons (Fsp3) is 0.200. The summed E-state index contributed by atoms with van der Waals surface area (Å²) < 4.78 is 5.58. The summed E-state index contributed by atoms with van der Waals surface area (Å²) in [5.41, 5.74) is 2.35. The fourth-order valence-corrected chi connectivity index (χ4v) is 3.29. The second-order valence-electron chi connectivity index (χ2n) is 6.65. The molecular formula is C20H17ClN4O3. The average molecular weight is 397 g/mol. The highest BCUT2D eigenvalue weighted by Crippen LogP contribution is 2.31. The normalized spacial score (nSPS) is 16.4. The van der Waals surface area contributed by atoms with Crippen LogP contribution >= 0.6 is 11.6 Å². The van der Waals surface area contributed by atoms with Crippen LogP contribution in [-0.2, 0) is 4.79 Å². The average Bonchev–Trinajstić information content (AvgIpc) is 3.29. The summed E-state index contributed by atoms with van der Waals surface area (Å²) in [6.07, 6.45) is 0.276. The second kappa shape index (κ2) is 7.44. The van der Waals surface area contributed by atoms with Crippen molar-refractivity contribution in [3.05, 3.63) is 70.6 Å². The van der Waals surface area contributed by atoms with Crippen molar-refractivity contribution < 1.29 is 14.0 Å². The lowest BCUT2D eigenvalue weighted by Crippen LogP contribution is -2.24. The van der Waals surface area contributed by atoms with E-state index in [0.717, 1.165) is 11.3 Å². The lowest BCUT2D eigenvalue weighted by atomic mass is 10.1. The van der Waals surface area contributed by atoms with Crippen molar-refractivity contribution in [2.45, 2.75) is 19.3 Å². The number of halogens is 1. The van der Waals surface area contributed by atoms with Gasteiger partial charge in [-0.15, -0.1) is 5.10 Å². The minimum Gasteiger partial charge on any atom is -0.407 e. The van der Waals surface area contributed by atoms with Crippen LogP contribution in [0.3, 0.4) is 0 Å². The molecule has 8 heteroatoms.